The highest BCUT2D eigenvalue weighted by atomic mass is 16.5. The normalized spacial score (nSPS) is 29.0. The van der Waals surface area contributed by atoms with Crippen LogP contribution in [0.1, 0.15) is 18.4 Å². The van der Waals surface area contributed by atoms with Gasteiger partial charge in [-0.2, -0.15) is 0 Å². The zero-order valence-corrected chi connectivity index (χ0v) is 9.92. The summed E-state index contributed by atoms with van der Waals surface area (Å²) in [4.78, 5) is 4.27. The first kappa shape index (κ1) is 10.6. The van der Waals surface area contributed by atoms with Gasteiger partial charge in [0.2, 0.25) is 0 Å². The number of fused-ring (bicyclic) bond motifs is 1. The lowest BCUT2D eigenvalue weighted by Gasteiger charge is -2.24. The Labute approximate surface area is 98.8 Å². The van der Waals surface area contributed by atoms with Gasteiger partial charge in [0.1, 0.15) is 12.2 Å². The van der Waals surface area contributed by atoms with E-state index in [-0.39, 0.29) is 11.5 Å². The average Bonchev–Trinajstić information content (AvgIpc) is 2.84. The summed E-state index contributed by atoms with van der Waals surface area (Å²) in [5.74, 6) is 0.824. The van der Waals surface area contributed by atoms with Crippen molar-refractivity contribution in [2.45, 2.75) is 25.3 Å². The van der Waals surface area contributed by atoms with Crippen LogP contribution in [-0.2, 0) is 10.2 Å². The summed E-state index contributed by atoms with van der Waals surface area (Å²) in [5, 5.41) is 8.42. The van der Waals surface area contributed by atoms with Gasteiger partial charge in [-0.25, -0.2) is 4.98 Å². The molecule has 1 saturated heterocycles. The predicted molar refractivity (Wildman–Crippen MR) is 61.7 cm³/mol. The minimum atomic E-state index is -0.295. The van der Waals surface area contributed by atoms with Crippen molar-refractivity contribution < 1.29 is 4.74 Å². The molecule has 1 aliphatic heterocycles. The standard InChI is InChI=1S/C11H15N5O/c1-7-3-9-14-15-10(16(9)6-13-7)11(2)5-17-4-8(11)12/h3,6,8H,4-5,12H2,1-2H3. The third-order valence-corrected chi connectivity index (χ3v) is 3.47. The zero-order valence-electron chi connectivity index (χ0n) is 9.92. The molecule has 90 valence electrons. The van der Waals surface area contributed by atoms with Crippen LogP contribution in [0, 0.1) is 6.92 Å². The fraction of sp³-hybridized carbons (Fsp3) is 0.545. The maximum atomic E-state index is 6.10. The molecule has 0 spiro atoms. The number of nitrogens with zero attached hydrogens (tertiary/aromatic N) is 4. The molecule has 0 amide bonds. The van der Waals surface area contributed by atoms with Crippen LogP contribution in [0.5, 0.6) is 0 Å². The van der Waals surface area contributed by atoms with Crippen molar-refractivity contribution in [1.82, 2.24) is 19.6 Å². The fourth-order valence-electron chi connectivity index (χ4n) is 2.20. The highest BCUT2D eigenvalue weighted by molar-refractivity contribution is 5.39. The van der Waals surface area contributed by atoms with Crippen LogP contribution in [0.25, 0.3) is 5.65 Å². The molecule has 2 N–H and O–H groups in total. The van der Waals surface area contributed by atoms with Gasteiger partial charge >= 0.3 is 0 Å². The molecule has 17 heavy (non-hydrogen) atoms. The predicted octanol–water partition coefficient (Wildman–Crippen LogP) is 0.0479. The Balaban J connectivity index is 2.18. The molecule has 0 aromatic carbocycles. The van der Waals surface area contributed by atoms with E-state index in [0.29, 0.717) is 13.2 Å². The second-order valence-corrected chi connectivity index (χ2v) is 4.82. The quantitative estimate of drug-likeness (QED) is 0.753. The summed E-state index contributed by atoms with van der Waals surface area (Å²) in [5.41, 5.74) is 7.53. The lowest BCUT2D eigenvalue weighted by Crippen LogP contribution is -2.43. The van der Waals surface area contributed by atoms with Crippen LogP contribution in [-0.4, -0.2) is 38.8 Å². The number of hydrogen-bond donors (Lipinski definition) is 1. The Morgan fingerprint density at radius 1 is 1.53 bits per heavy atom. The largest absolute Gasteiger partial charge is 0.379 e. The molecule has 2 aromatic heterocycles. The Kier molecular flexibility index (Phi) is 2.17. The molecule has 0 radical (unpaired) electrons. The Bertz CT molecular complexity index is 566. The lowest BCUT2D eigenvalue weighted by molar-refractivity contribution is 0.178. The van der Waals surface area contributed by atoms with Crippen molar-refractivity contribution >= 4 is 5.65 Å². The summed E-state index contributed by atoms with van der Waals surface area (Å²) >= 11 is 0. The molecule has 1 aliphatic rings. The van der Waals surface area contributed by atoms with Crippen molar-refractivity contribution in [3.05, 3.63) is 23.9 Å². The first-order valence-corrected chi connectivity index (χ1v) is 5.62. The van der Waals surface area contributed by atoms with E-state index in [0.717, 1.165) is 17.2 Å². The minimum absolute atomic E-state index is 0.0591. The van der Waals surface area contributed by atoms with Gasteiger partial charge in [-0.1, -0.05) is 0 Å². The summed E-state index contributed by atoms with van der Waals surface area (Å²) in [6.07, 6.45) is 1.75. The van der Waals surface area contributed by atoms with E-state index in [4.69, 9.17) is 10.5 Å². The van der Waals surface area contributed by atoms with E-state index in [1.54, 1.807) is 6.33 Å². The van der Waals surface area contributed by atoms with Gasteiger partial charge < -0.3 is 10.5 Å². The van der Waals surface area contributed by atoms with Gasteiger partial charge in [-0.05, 0) is 13.8 Å². The number of aromatic nitrogens is 4. The molecule has 0 bridgehead atoms. The molecule has 1 fully saturated rings. The summed E-state index contributed by atoms with van der Waals surface area (Å²) < 4.78 is 7.33. The van der Waals surface area contributed by atoms with Crippen LogP contribution in [0.2, 0.25) is 0 Å². The van der Waals surface area contributed by atoms with E-state index in [1.807, 2.05) is 17.4 Å². The van der Waals surface area contributed by atoms with Crippen LogP contribution in [0.15, 0.2) is 12.4 Å². The average molecular weight is 233 g/mol. The van der Waals surface area contributed by atoms with E-state index < -0.39 is 0 Å². The van der Waals surface area contributed by atoms with E-state index in [2.05, 4.69) is 22.1 Å². The lowest BCUT2D eigenvalue weighted by atomic mass is 9.85. The van der Waals surface area contributed by atoms with Gasteiger partial charge in [-0.3, -0.25) is 4.40 Å². The van der Waals surface area contributed by atoms with Crippen molar-refractivity contribution in [1.29, 1.82) is 0 Å². The molecule has 6 nitrogen and oxygen atoms in total. The Morgan fingerprint density at radius 2 is 2.35 bits per heavy atom. The number of ether oxygens (including phenoxy) is 1. The molecule has 0 saturated carbocycles. The van der Waals surface area contributed by atoms with Crippen LogP contribution >= 0.6 is 0 Å². The second-order valence-electron chi connectivity index (χ2n) is 4.82. The monoisotopic (exact) mass is 233 g/mol. The van der Waals surface area contributed by atoms with Gasteiger partial charge in [0.25, 0.3) is 0 Å². The van der Waals surface area contributed by atoms with Crippen LogP contribution in [0.4, 0.5) is 0 Å². The van der Waals surface area contributed by atoms with Gasteiger partial charge in [0.15, 0.2) is 5.65 Å². The molecule has 0 aliphatic carbocycles. The van der Waals surface area contributed by atoms with Gasteiger partial charge in [-0.15, -0.1) is 10.2 Å². The van der Waals surface area contributed by atoms with Crippen molar-refractivity contribution in [2.75, 3.05) is 13.2 Å². The van der Waals surface area contributed by atoms with Crippen molar-refractivity contribution in [2.24, 2.45) is 5.73 Å². The summed E-state index contributed by atoms with van der Waals surface area (Å²) in [7, 11) is 0. The zero-order chi connectivity index (χ0) is 12.0. The molecular formula is C11H15N5O. The topological polar surface area (TPSA) is 78.3 Å². The first-order valence-electron chi connectivity index (χ1n) is 5.62. The van der Waals surface area contributed by atoms with Crippen molar-refractivity contribution in [3.8, 4) is 0 Å². The molecule has 3 rings (SSSR count). The fourth-order valence-corrected chi connectivity index (χ4v) is 2.20. The molecule has 2 unspecified atom stereocenters. The number of aryl methyl sites for hydroxylation is 1. The maximum absolute atomic E-state index is 6.10. The number of rotatable bonds is 1. The number of nitrogens with two attached hydrogens (primary N) is 1. The SMILES string of the molecule is Cc1cc2nnc(C3(C)COCC3N)n2cn1. The third kappa shape index (κ3) is 1.44. The summed E-state index contributed by atoms with van der Waals surface area (Å²) in [6.45, 7) is 5.12. The minimum Gasteiger partial charge on any atom is -0.379 e. The second kappa shape index (κ2) is 3.48. The van der Waals surface area contributed by atoms with Crippen LogP contribution in [0.3, 0.4) is 0 Å². The first-order chi connectivity index (χ1) is 8.11. The summed E-state index contributed by atoms with van der Waals surface area (Å²) in [6, 6.07) is 1.84. The van der Waals surface area contributed by atoms with E-state index in [1.165, 1.54) is 0 Å². The van der Waals surface area contributed by atoms with E-state index >= 15 is 0 Å². The van der Waals surface area contributed by atoms with E-state index in [9.17, 15) is 0 Å². The molecular weight excluding hydrogens is 218 g/mol. The highest BCUT2D eigenvalue weighted by Crippen LogP contribution is 2.30. The van der Waals surface area contributed by atoms with Gasteiger partial charge in [0.05, 0.1) is 18.6 Å². The molecule has 6 heteroatoms. The smallest absolute Gasteiger partial charge is 0.163 e. The van der Waals surface area contributed by atoms with Gasteiger partial charge in [0, 0.05) is 17.8 Å². The van der Waals surface area contributed by atoms with Crippen molar-refractivity contribution in [3.63, 3.8) is 0 Å². The highest BCUT2D eigenvalue weighted by Gasteiger charge is 2.43. The molecule has 2 atom stereocenters. The molecule has 3 heterocycles. The Morgan fingerprint density at radius 3 is 3.06 bits per heavy atom. The molecule has 2 aromatic rings. The van der Waals surface area contributed by atoms with Crippen LogP contribution < -0.4 is 5.73 Å². The Hall–Kier alpha value is -1.53. The maximum Gasteiger partial charge on any atom is 0.163 e. The third-order valence-electron chi connectivity index (χ3n) is 3.47. The number of hydrogen-bond acceptors (Lipinski definition) is 5.